The zero-order chi connectivity index (χ0) is 17.0. The second-order valence-corrected chi connectivity index (χ2v) is 6.34. The molecule has 1 aliphatic rings. The van der Waals surface area contributed by atoms with Crippen LogP contribution in [-0.4, -0.2) is 69.3 Å². The van der Waals surface area contributed by atoms with E-state index in [9.17, 15) is 9.59 Å². The summed E-state index contributed by atoms with van der Waals surface area (Å²) >= 11 is 0. The van der Waals surface area contributed by atoms with E-state index in [1.165, 1.54) is 6.92 Å². The van der Waals surface area contributed by atoms with Crippen LogP contribution in [0.15, 0.2) is 23.5 Å². The Kier molecular flexibility index (Phi) is 5.02. The topological polar surface area (TPSA) is 80.0 Å². The zero-order valence-electron chi connectivity index (χ0n) is 14.0. The molecule has 1 aromatic rings. The fourth-order valence-corrected chi connectivity index (χ4v) is 2.21. The lowest BCUT2D eigenvalue weighted by atomic mass is 10.2. The van der Waals surface area contributed by atoms with Gasteiger partial charge in [-0.3, -0.25) is 4.79 Å². The normalized spacial score (nSPS) is 16.4. The highest BCUT2D eigenvalue weighted by molar-refractivity contribution is 5.93. The van der Waals surface area contributed by atoms with Crippen molar-refractivity contribution in [1.82, 2.24) is 19.6 Å². The Bertz CT molecular complexity index is 581. The molecule has 8 heteroatoms. The first kappa shape index (κ1) is 17.0. The minimum Gasteiger partial charge on any atom is -0.444 e. The molecule has 8 nitrogen and oxygen atoms in total. The summed E-state index contributed by atoms with van der Waals surface area (Å²) in [6.45, 7) is 9.07. The van der Waals surface area contributed by atoms with Crippen LogP contribution in [0.2, 0.25) is 0 Å². The number of carbonyl (C=O) groups excluding carboxylic acids is 2. The molecule has 0 atom stereocenters. The van der Waals surface area contributed by atoms with Crippen molar-refractivity contribution in [1.29, 1.82) is 0 Å². The Morgan fingerprint density at radius 3 is 2.22 bits per heavy atom. The minimum absolute atomic E-state index is 0.287. The van der Waals surface area contributed by atoms with Crippen molar-refractivity contribution in [3.63, 3.8) is 0 Å². The molecule has 0 saturated carbocycles. The molecule has 0 unspecified atom stereocenters. The van der Waals surface area contributed by atoms with Gasteiger partial charge in [0.05, 0.1) is 0 Å². The van der Waals surface area contributed by atoms with E-state index in [0.717, 1.165) is 0 Å². The van der Waals surface area contributed by atoms with Gasteiger partial charge in [0.15, 0.2) is 0 Å². The van der Waals surface area contributed by atoms with Crippen molar-refractivity contribution in [3.8, 4) is 0 Å². The van der Waals surface area contributed by atoms with Crippen LogP contribution in [0.3, 0.4) is 0 Å². The highest BCUT2D eigenvalue weighted by Gasteiger charge is 2.27. The summed E-state index contributed by atoms with van der Waals surface area (Å²) in [7, 11) is 0. The molecule has 1 saturated heterocycles. The first-order chi connectivity index (χ1) is 10.8. The van der Waals surface area contributed by atoms with Crippen LogP contribution in [0.4, 0.5) is 4.79 Å². The van der Waals surface area contributed by atoms with Gasteiger partial charge in [-0.1, -0.05) is 0 Å². The number of amides is 2. The summed E-state index contributed by atoms with van der Waals surface area (Å²) in [4.78, 5) is 31.1. The highest BCUT2D eigenvalue weighted by Crippen LogP contribution is 2.12. The lowest BCUT2D eigenvalue weighted by molar-refractivity contribution is -0.115. The maximum Gasteiger partial charge on any atom is 0.410 e. The van der Waals surface area contributed by atoms with Crippen molar-refractivity contribution in [2.24, 2.45) is 4.99 Å². The van der Waals surface area contributed by atoms with Gasteiger partial charge >= 0.3 is 6.09 Å². The molecule has 1 aliphatic heterocycles. The fraction of sp³-hybridized carbons (Fsp3) is 0.600. The molecular formula is C15H23N5O3. The van der Waals surface area contributed by atoms with Crippen molar-refractivity contribution in [2.45, 2.75) is 33.3 Å². The molecule has 0 bridgehead atoms. The Hall–Kier alpha value is -2.38. The molecule has 2 rings (SSSR count). The van der Waals surface area contributed by atoms with Crippen LogP contribution < -0.4 is 0 Å². The van der Waals surface area contributed by atoms with Crippen LogP contribution in [0.25, 0.3) is 0 Å². The Balaban J connectivity index is 2.02. The molecule has 0 aromatic carbocycles. The van der Waals surface area contributed by atoms with Gasteiger partial charge in [-0.25, -0.2) is 9.48 Å². The van der Waals surface area contributed by atoms with E-state index in [1.807, 2.05) is 25.7 Å². The number of piperazine rings is 1. The molecule has 1 aromatic heterocycles. The van der Waals surface area contributed by atoms with Gasteiger partial charge in [0.2, 0.25) is 11.9 Å². The second kappa shape index (κ2) is 6.80. The van der Waals surface area contributed by atoms with E-state index >= 15 is 0 Å². The van der Waals surface area contributed by atoms with E-state index in [1.54, 1.807) is 28.0 Å². The summed E-state index contributed by atoms with van der Waals surface area (Å²) in [5, 5.41) is 4.13. The number of rotatable bonds is 0. The number of nitrogens with zero attached hydrogens (tertiary/aromatic N) is 5. The minimum atomic E-state index is -0.509. The molecule has 0 N–H and O–H groups in total. The van der Waals surface area contributed by atoms with Crippen LogP contribution in [0, 0.1) is 0 Å². The lowest BCUT2D eigenvalue weighted by Gasteiger charge is -2.36. The zero-order valence-corrected chi connectivity index (χ0v) is 14.0. The quantitative estimate of drug-likeness (QED) is 0.529. The van der Waals surface area contributed by atoms with E-state index in [-0.39, 0.29) is 12.0 Å². The molecule has 0 aliphatic carbocycles. The van der Waals surface area contributed by atoms with E-state index in [2.05, 4.69) is 10.1 Å². The summed E-state index contributed by atoms with van der Waals surface area (Å²) in [5.41, 5.74) is -0.509. The third kappa shape index (κ3) is 4.80. The van der Waals surface area contributed by atoms with Gasteiger partial charge in [0.25, 0.3) is 0 Å². The van der Waals surface area contributed by atoms with E-state index < -0.39 is 5.60 Å². The maximum absolute atomic E-state index is 12.1. The third-order valence-corrected chi connectivity index (χ3v) is 3.18. The number of hydrogen-bond acceptors (Lipinski definition) is 4. The number of ether oxygens (including phenoxy) is 1. The summed E-state index contributed by atoms with van der Waals surface area (Å²) < 4.78 is 6.94. The van der Waals surface area contributed by atoms with Crippen LogP contribution in [0.5, 0.6) is 0 Å². The summed E-state index contributed by atoms with van der Waals surface area (Å²) in [6, 6.07) is 1.77. The average Bonchev–Trinajstić information content (AvgIpc) is 2.97. The number of carbonyl (C=O) groups is 2. The third-order valence-electron chi connectivity index (χ3n) is 3.18. The SMILES string of the molecule is CC(=O)N=C(N1CCN(C(=O)OC(C)(C)C)CC1)n1cccn1. The predicted octanol–water partition coefficient (Wildman–Crippen LogP) is 1.19. The molecule has 23 heavy (non-hydrogen) atoms. The highest BCUT2D eigenvalue weighted by atomic mass is 16.6. The van der Waals surface area contributed by atoms with E-state index in [0.29, 0.717) is 32.1 Å². The van der Waals surface area contributed by atoms with Gasteiger partial charge < -0.3 is 14.5 Å². The maximum atomic E-state index is 12.1. The molecule has 2 heterocycles. The first-order valence-corrected chi connectivity index (χ1v) is 7.58. The van der Waals surface area contributed by atoms with Crippen molar-refractivity contribution in [3.05, 3.63) is 18.5 Å². The van der Waals surface area contributed by atoms with Gasteiger partial charge in [-0.2, -0.15) is 10.1 Å². The molecule has 126 valence electrons. The molecular weight excluding hydrogens is 298 g/mol. The number of aromatic nitrogens is 2. The van der Waals surface area contributed by atoms with Crippen LogP contribution >= 0.6 is 0 Å². The molecule has 2 amide bonds. The smallest absolute Gasteiger partial charge is 0.410 e. The van der Waals surface area contributed by atoms with E-state index in [4.69, 9.17) is 4.74 Å². The monoisotopic (exact) mass is 321 g/mol. The molecule has 1 fully saturated rings. The van der Waals surface area contributed by atoms with Crippen LogP contribution in [-0.2, 0) is 9.53 Å². The van der Waals surface area contributed by atoms with Gasteiger partial charge in [0.1, 0.15) is 5.60 Å². The van der Waals surface area contributed by atoms with Gasteiger partial charge in [-0.05, 0) is 26.8 Å². The average molecular weight is 321 g/mol. The Morgan fingerprint density at radius 2 is 1.74 bits per heavy atom. The predicted molar refractivity (Wildman–Crippen MR) is 85.1 cm³/mol. The largest absolute Gasteiger partial charge is 0.444 e. The van der Waals surface area contributed by atoms with Gasteiger partial charge in [-0.15, -0.1) is 0 Å². The second-order valence-electron chi connectivity index (χ2n) is 6.34. The van der Waals surface area contributed by atoms with Crippen molar-refractivity contribution in [2.75, 3.05) is 26.2 Å². The standard InChI is InChI=1S/C15H23N5O3/c1-12(21)17-13(20-7-5-6-16-20)18-8-10-19(11-9-18)14(22)23-15(2,3)4/h5-7H,8-11H2,1-4H3. The lowest BCUT2D eigenvalue weighted by Crippen LogP contribution is -2.53. The molecule has 0 radical (unpaired) electrons. The van der Waals surface area contributed by atoms with Crippen molar-refractivity contribution < 1.29 is 14.3 Å². The first-order valence-electron chi connectivity index (χ1n) is 7.58. The van der Waals surface area contributed by atoms with Crippen molar-refractivity contribution >= 4 is 18.0 Å². The Labute approximate surface area is 135 Å². The summed E-state index contributed by atoms with van der Waals surface area (Å²) in [6.07, 6.45) is 3.05. The Morgan fingerprint density at radius 1 is 1.13 bits per heavy atom. The number of hydrogen-bond donors (Lipinski definition) is 0. The van der Waals surface area contributed by atoms with Gasteiger partial charge in [0, 0.05) is 45.5 Å². The fourth-order valence-electron chi connectivity index (χ4n) is 2.21. The molecule has 0 spiro atoms. The van der Waals surface area contributed by atoms with Crippen LogP contribution in [0.1, 0.15) is 27.7 Å². The number of aliphatic imine (C=N–C) groups is 1. The summed E-state index contributed by atoms with van der Waals surface area (Å²) in [5.74, 6) is 0.191.